The van der Waals surface area contributed by atoms with E-state index in [1.165, 1.54) is 26.1 Å². The van der Waals surface area contributed by atoms with E-state index < -0.39 is 0 Å². The SMILES string of the molecule is CCN(CC)CC[C@@H](C)NC. The summed E-state index contributed by atoms with van der Waals surface area (Å²) in [5.41, 5.74) is 0. The van der Waals surface area contributed by atoms with Gasteiger partial charge in [0.25, 0.3) is 0 Å². The minimum atomic E-state index is 0.649. The normalized spacial score (nSPS) is 13.9. The Bertz CT molecular complexity index is 79.6. The van der Waals surface area contributed by atoms with Gasteiger partial charge in [-0.05, 0) is 40.0 Å². The summed E-state index contributed by atoms with van der Waals surface area (Å²) in [7, 11) is 2.02. The summed E-state index contributed by atoms with van der Waals surface area (Å²) in [5, 5.41) is 3.24. The van der Waals surface area contributed by atoms with Crippen LogP contribution in [-0.4, -0.2) is 37.6 Å². The Morgan fingerprint density at radius 3 is 2.18 bits per heavy atom. The second-order valence-corrected chi connectivity index (χ2v) is 3.01. The van der Waals surface area contributed by atoms with Gasteiger partial charge in [0.2, 0.25) is 0 Å². The summed E-state index contributed by atoms with van der Waals surface area (Å²) in [5.74, 6) is 0. The predicted octanol–water partition coefficient (Wildman–Crippen LogP) is 1.33. The zero-order valence-electron chi connectivity index (χ0n) is 8.35. The number of hydrogen-bond acceptors (Lipinski definition) is 2. The van der Waals surface area contributed by atoms with E-state index in [0.717, 1.165) is 0 Å². The maximum atomic E-state index is 3.24. The second-order valence-electron chi connectivity index (χ2n) is 3.01. The molecule has 0 aromatic rings. The Morgan fingerprint density at radius 2 is 1.82 bits per heavy atom. The summed E-state index contributed by atoms with van der Waals surface area (Å²) >= 11 is 0. The third kappa shape index (κ3) is 5.22. The maximum Gasteiger partial charge on any atom is 0.00479 e. The minimum absolute atomic E-state index is 0.649. The third-order valence-corrected chi connectivity index (χ3v) is 2.27. The topological polar surface area (TPSA) is 15.3 Å². The van der Waals surface area contributed by atoms with E-state index in [0.29, 0.717) is 6.04 Å². The largest absolute Gasteiger partial charge is 0.317 e. The third-order valence-electron chi connectivity index (χ3n) is 2.27. The van der Waals surface area contributed by atoms with Crippen LogP contribution in [0.3, 0.4) is 0 Å². The van der Waals surface area contributed by atoms with Crippen LogP contribution in [0.1, 0.15) is 27.2 Å². The van der Waals surface area contributed by atoms with Gasteiger partial charge in [-0.15, -0.1) is 0 Å². The minimum Gasteiger partial charge on any atom is -0.317 e. The molecule has 1 N–H and O–H groups in total. The molecule has 0 aromatic heterocycles. The highest BCUT2D eigenvalue weighted by atomic mass is 15.1. The molecule has 2 nitrogen and oxygen atoms in total. The highest BCUT2D eigenvalue weighted by Crippen LogP contribution is 1.94. The first-order valence-electron chi connectivity index (χ1n) is 4.64. The van der Waals surface area contributed by atoms with Gasteiger partial charge in [-0.25, -0.2) is 0 Å². The first kappa shape index (κ1) is 10.9. The van der Waals surface area contributed by atoms with E-state index in [9.17, 15) is 0 Å². The molecule has 0 aliphatic carbocycles. The molecule has 0 amide bonds. The van der Waals surface area contributed by atoms with Crippen LogP contribution in [0.5, 0.6) is 0 Å². The lowest BCUT2D eigenvalue weighted by Crippen LogP contribution is -2.30. The first-order valence-corrected chi connectivity index (χ1v) is 4.64. The summed E-state index contributed by atoms with van der Waals surface area (Å²) < 4.78 is 0. The standard InChI is InChI=1S/C9H22N2/c1-5-11(6-2)8-7-9(3)10-4/h9-10H,5-8H2,1-4H3/t9-/m1/s1. The summed E-state index contributed by atoms with van der Waals surface area (Å²) in [4.78, 5) is 2.45. The molecule has 0 fully saturated rings. The summed E-state index contributed by atoms with van der Waals surface area (Å²) in [6.45, 7) is 10.2. The van der Waals surface area contributed by atoms with Gasteiger partial charge in [0.1, 0.15) is 0 Å². The molecule has 0 bridgehead atoms. The monoisotopic (exact) mass is 158 g/mol. The van der Waals surface area contributed by atoms with Gasteiger partial charge in [0, 0.05) is 6.04 Å². The fourth-order valence-corrected chi connectivity index (χ4v) is 1.06. The van der Waals surface area contributed by atoms with Crippen LogP contribution in [0.25, 0.3) is 0 Å². The average molecular weight is 158 g/mol. The van der Waals surface area contributed by atoms with Crippen molar-refractivity contribution in [2.24, 2.45) is 0 Å². The number of hydrogen-bond donors (Lipinski definition) is 1. The van der Waals surface area contributed by atoms with Crippen molar-refractivity contribution in [3.05, 3.63) is 0 Å². The van der Waals surface area contributed by atoms with Gasteiger partial charge in [-0.1, -0.05) is 13.8 Å². The molecule has 0 rings (SSSR count). The van der Waals surface area contributed by atoms with Gasteiger partial charge >= 0.3 is 0 Å². The van der Waals surface area contributed by atoms with Crippen LogP contribution in [0, 0.1) is 0 Å². The molecule has 1 atom stereocenters. The van der Waals surface area contributed by atoms with Crippen molar-refractivity contribution in [3.8, 4) is 0 Å². The van der Waals surface area contributed by atoms with Gasteiger partial charge in [0.05, 0.1) is 0 Å². The smallest absolute Gasteiger partial charge is 0.00479 e. The van der Waals surface area contributed by atoms with Crippen LogP contribution in [0.2, 0.25) is 0 Å². The molecule has 68 valence electrons. The maximum absolute atomic E-state index is 3.24. The van der Waals surface area contributed by atoms with Crippen LogP contribution in [-0.2, 0) is 0 Å². The molecule has 0 radical (unpaired) electrons. The molecule has 2 heteroatoms. The lowest BCUT2D eigenvalue weighted by Gasteiger charge is -2.20. The van der Waals surface area contributed by atoms with Crippen molar-refractivity contribution >= 4 is 0 Å². The molecule has 0 saturated carbocycles. The quantitative estimate of drug-likeness (QED) is 0.627. The van der Waals surface area contributed by atoms with E-state index in [-0.39, 0.29) is 0 Å². The molecule has 0 heterocycles. The second kappa shape index (κ2) is 6.62. The van der Waals surface area contributed by atoms with Crippen LogP contribution >= 0.6 is 0 Å². The van der Waals surface area contributed by atoms with E-state index in [4.69, 9.17) is 0 Å². The van der Waals surface area contributed by atoms with Crippen molar-refractivity contribution in [2.75, 3.05) is 26.7 Å². The highest BCUT2D eigenvalue weighted by molar-refractivity contribution is 4.60. The van der Waals surface area contributed by atoms with Gasteiger partial charge < -0.3 is 10.2 Å². The van der Waals surface area contributed by atoms with Crippen molar-refractivity contribution in [3.63, 3.8) is 0 Å². The Balaban J connectivity index is 3.34. The molecule has 0 spiro atoms. The Hall–Kier alpha value is -0.0800. The Labute approximate surface area is 71.0 Å². The Morgan fingerprint density at radius 1 is 1.27 bits per heavy atom. The van der Waals surface area contributed by atoms with Gasteiger partial charge in [-0.2, -0.15) is 0 Å². The molecular weight excluding hydrogens is 136 g/mol. The molecule has 0 saturated heterocycles. The predicted molar refractivity (Wildman–Crippen MR) is 50.9 cm³/mol. The molecule has 11 heavy (non-hydrogen) atoms. The molecule has 0 unspecified atom stereocenters. The molecular formula is C9H22N2. The average Bonchev–Trinajstić information content (AvgIpc) is 2.06. The van der Waals surface area contributed by atoms with Crippen molar-refractivity contribution in [1.29, 1.82) is 0 Å². The lowest BCUT2D eigenvalue weighted by molar-refractivity contribution is 0.287. The molecule has 0 aromatic carbocycles. The van der Waals surface area contributed by atoms with Crippen molar-refractivity contribution in [1.82, 2.24) is 10.2 Å². The zero-order valence-corrected chi connectivity index (χ0v) is 8.35. The number of nitrogens with one attached hydrogen (secondary N) is 1. The van der Waals surface area contributed by atoms with E-state index in [2.05, 4.69) is 31.0 Å². The van der Waals surface area contributed by atoms with Crippen molar-refractivity contribution < 1.29 is 0 Å². The van der Waals surface area contributed by atoms with Crippen LogP contribution < -0.4 is 5.32 Å². The lowest BCUT2D eigenvalue weighted by atomic mass is 10.2. The molecule has 0 aliphatic heterocycles. The highest BCUT2D eigenvalue weighted by Gasteiger charge is 2.01. The molecule has 0 aliphatic rings. The fraction of sp³-hybridized carbons (Fsp3) is 1.00. The first-order chi connectivity index (χ1) is 5.24. The van der Waals surface area contributed by atoms with Crippen LogP contribution in [0.4, 0.5) is 0 Å². The van der Waals surface area contributed by atoms with E-state index >= 15 is 0 Å². The summed E-state index contributed by atoms with van der Waals surface area (Å²) in [6.07, 6.45) is 1.25. The van der Waals surface area contributed by atoms with Crippen molar-refractivity contribution in [2.45, 2.75) is 33.2 Å². The summed E-state index contributed by atoms with van der Waals surface area (Å²) in [6, 6.07) is 0.649. The Kier molecular flexibility index (Phi) is 6.57. The van der Waals surface area contributed by atoms with E-state index in [1.807, 2.05) is 7.05 Å². The number of rotatable bonds is 6. The fourth-order valence-electron chi connectivity index (χ4n) is 1.06. The number of nitrogens with zero attached hydrogens (tertiary/aromatic N) is 1. The van der Waals surface area contributed by atoms with E-state index in [1.54, 1.807) is 0 Å². The van der Waals surface area contributed by atoms with Gasteiger partial charge in [0.15, 0.2) is 0 Å². The zero-order chi connectivity index (χ0) is 8.69. The van der Waals surface area contributed by atoms with Crippen LogP contribution in [0.15, 0.2) is 0 Å². The van der Waals surface area contributed by atoms with Gasteiger partial charge in [-0.3, -0.25) is 0 Å².